The molecule has 21 heavy (non-hydrogen) atoms. The van der Waals surface area contributed by atoms with Crippen LogP contribution >= 0.6 is 0 Å². The maximum absolute atomic E-state index is 5.58. The first-order valence-electron chi connectivity index (χ1n) is 6.39. The van der Waals surface area contributed by atoms with Crippen LogP contribution in [0.1, 0.15) is 11.1 Å². The van der Waals surface area contributed by atoms with Gasteiger partial charge in [0.05, 0.1) is 18.6 Å². The van der Waals surface area contributed by atoms with Crippen LogP contribution in [0.15, 0.2) is 61.3 Å². The van der Waals surface area contributed by atoms with Gasteiger partial charge in [-0.25, -0.2) is 4.98 Å². The van der Waals surface area contributed by atoms with Crippen LogP contribution in [0.5, 0.6) is 11.6 Å². The van der Waals surface area contributed by atoms with Crippen LogP contribution in [0.25, 0.3) is 12.2 Å². The topological polar surface area (TPSA) is 60.8 Å². The molecule has 0 saturated carbocycles. The van der Waals surface area contributed by atoms with E-state index in [9.17, 15) is 0 Å². The average Bonchev–Trinajstić information content (AvgIpc) is 2.56. The zero-order valence-electron chi connectivity index (χ0n) is 11.1. The van der Waals surface area contributed by atoms with E-state index < -0.39 is 0 Å². The minimum Gasteiger partial charge on any atom is -0.438 e. The third kappa shape index (κ3) is 3.70. The molecule has 102 valence electrons. The number of ether oxygens (including phenoxy) is 1. The van der Waals surface area contributed by atoms with Gasteiger partial charge in [-0.2, -0.15) is 10.2 Å². The molecule has 0 spiro atoms. The monoisotopic (exact) mass is 276 g/mol. The highest BCUT2D eigenvalue weighted by Crippen LogP contribution is 2.19. The molecule has 0 unspecified atom stereocenters. The van der Waals surface area contributed by atoms with Gasteiger partial charge in [0, 0.05) is 12.4 Å². The Balaban J connectivity index is 1.68. The summed E-state index contributed by atoms with van der Waals surface area (Å²) in [6.07, 6.45) is 12.1. The summed E-state index contributed by atoms with van der Waals surface area (Å²) in [4.78, 5) is 8.01. The van der Waals surface area contributed by atoms with Crippen molar-refractivity contribution in [1.29, 1.82) is 0 Å². The van der Waals surface area contributed by atoms with Crippen LogP contribution in [0.2, 0.25) is 0 Å². The molecule has 2 aromatic heterocycles. The highest BCUT2D eigenvalue weighted by atomic mass is 16.5. The van der Waals surface area contributed by atoms with E-state index in [1.807, 2.05) is 42.5 Å². The maximum atomic E-state index is 5.58. The molecular formula is C16H12N4O. The third-order valence-electron chi connectivity index (χ3n) is 2.72. The van der Waals surface area contributed by atoms with Gasteiger partial charge in [0.2, 0.25) is 5.88 Å². The zero-order chi connectivity index (χ0) is 14.3. The Kier molecular flexibility index (Phi) is 3.93. The number of nitrogens with zero attached hydrogens (tertiary/aromatic N) is 4. The van der Waals surface area contributed by atoms with E-state index in [4.69, 9.17) is 4.74 Å². The molecule has 3 aromatic rings. The highest BCUT2D eigenvalue weighted by Gasteiger charge is 1.97. The summed E-state index contributed by atoms with van der Waals surface area (Å²) < 4.78 is 5.58. The number of hydrogen-bond donors (Lipinski definition) is 0. The number of hydrogen-bond acceptors (Lipinski definition) is 5. The standard InChI is InChI=1S/C16H12N4O/c1(2-14-7-8-19-20-11-14)13-3-5-15(6-4-13)21-16-12-17-9-10-18-16/h1-12H. The predicted molar refractivity (Wildman–Crippen MR) is 79.5 cm³/mol. The fourth-order valence-electron chi connectivity index (χ4n) is 1.70. The highest BCUT2D eigenvalue weighted by molar-refractivity contribution is 5.69. The van der Waals surface area contributed by atoms with Crippen LogP contribution in [-0.4, -0.2) is 20.2 Å². The van der Waals surface area contributed by atoms with Crippen molar-refractivity contribution in [2.24, 2.45) is 0 Å². The van der Waals surface area contributed by atoms with Gasteiger partial charge in [0.1, 0.15) is 5.75 Å². The lowest BCUT2D eigenvalue weighted by molar-refractivity contribution is 0.460. The molecule has 0 N–H and O–H groups in total. The van der Waals surface area contributed by atoms with Crippen molar-refractivity contribution >= 4 is 12.2 Å². The Labute approximate surface area is 122 Å². The fraction of sp³-hybridized carbons (Fsp3) is 0. The molecule has 0 fully saturated rings. The molecule has 0 aliphatic carbocycles. The van der Waals surface area contributed by atoms with Gasteiger partial charge in [0.15, 0.2) is 0 Å². The van der Waals surface area contributed by atoms with Crippen LogP contribution in [0.4, 0.5) is 0 Å². The summed E-state index contributed by atoms with van der Waals surface area (Å²) in [6.45, 7) is 0. The smallest absolute Gasteiger partial charge is 0.237 e. The minimum absolute atomic E-state index is 0.476. The van der Waals surface area contributed by atoms with E-state index in [2.05, 4.69) is 20.2 Å². The lowest BCUT2D eigenvalue weighted by Gasteiger charge is -2.03. The Hall–Kier alpha value is -3.08. The van der Waals surface area contributed by atoms with Crippen molar-refractivity contribution in [2.75, 3.05) is 0 Å². The molecule has 2 heterocycles. The van der Waals surface area contributed by atoms with E-state index in [0.29, 0.717) is 5.88 Å². The van der Waals surface area contributed by atoms with Crippen molar-refractivity contribution in [3.63, 3.8) is 0 Å². The second kappa shape index (κ2) is 6.38. The summed E-state index contributed by atoms with van der Waals surface area (Å²) in [5.41, 5.74) is 2.07. The molecular weight excluding hydrogens is 264 g/mol. The van der Waals surface area contributed by atoms with Gasteiger partial charge in [-0.05, 0) is 29.3 Å². The number of rotatable bonds is 4. The van der Waals surface area contributed by atoms with Crippen LogP contribution < -0.4 is 4.74 Å². The van der Waals surface area contributed by atoms with Crippen molar-refractivity contribution in [1.82, 2.24) is 20.2 Å². The van der Waals surface area contributed by atoms with Crippen LogP contribution in [-0.2, 0) is 0 Å². The molecule has 0 radical (unpaired) electrons. The van der Waals surface area contributed by atoms with Crippen molar-refractivity contribution < 1.29 is 4.74 Å². The van der Waals surface area contributed by atoms with Crippen LogP contribution in [0.3, 0.4) is 0 Å². The third-order valence-corrected chi connectivity index (χ3v) is 2.72. The van der Waals surface area contributed by atoms with Gasteiger partial charge in [-0.15, -0.1) is 0 Å². The van der Waals surface area contributed by atoms with Crippen LogP contribution in [0, 0.1) is 0 Å². The molecule has 0 bridgehead atoms. The van der Waals surface area contributed by atoms with E-state index in [-0.39, 0.29) is 0 Å². The predicted octanol–water partition coefficient (Wildman–Crippen LogP) is 3.23. The molecule has 0 aliphatic heterocycles. The lowest BCUT2D eigenvalue weighted by atomic mass is 10.2. The van der Waals surface area contributed by atoms with Gasteiger partial charge in [-0.3, -0.25) is 4.98 Å². The molecule has 3 rings (SSSR count). The summed E-state index contributed by atoms with van der Waals surface area (Å²) in [6, 6.07) is 9.61. The average molecular weight is 276 g/mol. The van der Waals surface area contributed by atoms with Crippen molar-refractivity contribution in [2.45, 2.75) is 0 Å². The molecule has 0 atom stereocenters. The summed E-state index contributed by atoms with van der Waals surface area (Å²) >= 11 is 0. The van der Waals surface area contributed by atoms with E-state index in [0.717, 1.165) is 16.9 Å². The van der Waals surface area contributed by atoms with Gasteiger partial charge >= 0.3 is 0 Å². The molecule has 5 heteroatoms. The Morgan fingerprint density at radius 1 is 0.762 bits per heavy atom. The first-order valence-corrected chi connectivity index (χ1v) is 6.39. The SMILES string of the molecule is C(=Cc1ccnnc1)c1ccc(Oc2cnccn2)cc1. The first-order chi connectivity index (χ1) is 10.4. The van der Waals surface area contributed by atoms with Crippen molar-refractivity contribution in [3.8, 4) is 11.6 Å². The lowest BCUT2D eigenvalue weighted by Crippen LogP contribution is -1.87. The molecule has 0 aliphatic rings. The van der Waals surface area contributed by atoms with Gasteiger partial charge in [-0.1, -0.05) is 24.3 Å². The zero-order valence-corrected chi connectivity index (χ0v) is 11.1. The second-order valence-corrected chi connectivity index (χ2v) is 4.22. The Morgan fingerprint density at radius 3 is 2.33 bits per heavy atom. The molecule has 0 saturated heterocycles. The fourth-order valence-corrected chi connectivity index (χ4v) is 1.70. The normalized spacial score (nSPS) is 10.7. The van der Waals surface area contributed by atoms with Gasteiger partial charge in [0.25, 0.3) is 0 Å². The molecule has 1 aromatic carbocycles. The summed E-state index contributed by atoms with van der Waals surface area (Å²) in [7, 11) is 0. The largest absolute Gasteiger partial charge is 0.438 e. The van der Waals surface area contributed by atoms with E-state index in [1.165, 1.54) is 0 Å². The van der Waals surface area contributed by atoms with Gasteiger partial charge < -0.3 is 4.74 Å². The Bertz CT molecular complexity index is 712. The maximum Gasteiger partial charge on any atom is 0.237 e. The second-order valence-electron chi connectivity index (χ2n) is 4.22. The van der Waals surface area contributed by atoms with E-state index >= 15 is 0 Å². The minimum atomic E-state index is 0.476. The quantitative estimate of drug-likeness (QED) is 0.732. The number of aromatic nitrogens is 4. The summed E-state index contributed by atoms with van der Waals surface area (Å²) in [5, 5.41) is 7.56. The molecule has 5 nitrogen and oxygen atoms in total. The molecule has 0 amide bonds. The van der Waals surface area contributed by atoms with Crippen molar-refractivity contribution in [3.05, 3.63) is 72.4 Å². The first kappa shape index (κ1) is 12.9. The number of benzene rings is 1. The summed E-state index contributed by atoms with van der Waals surface area (Å²) in [5.74, 6) is 1.20. The Morgan fingerprint density at radius 2 is 1.62 bits per heavy atom. The van der Waals surface area contributed by atoms with E-state index in [1.54, 1.807) is 31.0 Å².